The van der Waals surface area contributed by atoms with Crippen LogP contribution in [-0.2, 0) is 14.9 Å². The van der Waals surface area contributed by atoms with Crippen LogP contribution < -0.4 is 20.4 Å². The molecule has 11 nitrogen and oxygen atoms in total. The average Bonchev–Trinajstić information content (AvgIpc) is 3.72. The molecule has 3 aromatic rings. The number of nitrogens with one attached hydrogen (secondary N) is 3. The fourth-order valence-electron chi connectivity index (χ4n) is 3.99. The van der Waals surface area contributed by atoms with Gasteiger partial charge in [0.2, 0.25) is 10.0 Å². The fraction of sp³-hybridized carbons (Fsp3) is 0.385. The molecular weight excluding hydrogens is 506 g/mol. The Morgan fingerprint density at radius 3 is 2.47 bits per heavy atom. The van der Waals surface area contributed by atoms with Crippen molar-refractivity contribution in [2.24, 2.45) is 0 Å². The summed E-state index contributed by atoms with van der Waals surface area (Å²) in [5, 5.41) is 6.43. The van der Waals surface area contributed by atoms with Crippen LogP contribution >= 0.6 is 0 Å². The highest BCUT2D eigenvalue weighted by Crippen LogP contribution is 2.43. The molecule has 0 spiro atoms. The molecule has 1 aromatic carbocycles. The number of aryl methyl sites for hydroxylation is 2. The molecule has 3 N–H and O–H groups in total. The van der Waals surface area contributed by atoms with Crippen molar-refractivity contribution in [3.63, 3.8) is 0 Å². The van der Waals surface area contributed by atoms with Gasteiger partial charge in [0.05, 0.1) is 35.0 Å². The SMILES string of the molecule is CCONC(=O)c1cnc(Nc2cc(C)nc(C)n2)cc1Nc1ccc(C2CC2)cc1N(C)S(=O)(=O)CC. The molecule has 12 heteroatoms. The minimum atomic E-state index is -3.53. The molecule has 2 aromatic heterocycles. The molecule has 1 fully saturated rings. The molecule has 1 aliphatic rings. The van der Waals surface area contributed by atoms with Gasteiger partial charge < -0.3 is 10.6 Å². The minimum absolute atomic E-state index is 0.0420. The Morgan fingerprint density at radius 1 is 1.05 bits per heavy atom. The molecule has 1 saturated carbocycles. The van der Waals surface area contributed by atoms with Gasteiger partial charge in [-0.05, 0) is 64.2 Å². The van der Waals surface area contributed by atoms with E-state index in [1.54, 1.807) is 32.9 Å². The van der Waals surface area contributed by atoms with Gasteiger partial charge in [-0.3, -0.25) is 13.9 Å². The van der Waals surface area contributed by atoms with Crippen LogP contribution in [-0.4, -0.2) is 48.7 Å². The molecule has 4 rings (SSSR count). The van der Waals surface area contributed by atoms with Crippen molar-refractivity contribution in [2.45, 2.75) is 46.5 Å². The van der Waals surface area contributed by atoms with Crippen LogP contribution in [0.2, 0.25) is 0 Å². The van der Waals surface area contributed by atoms with E-state index in [0.29, 0.717) is 47.0 Å². The number of benzene rings is 1. The van der Waals surface area contributed by atoms with Gasteiger partial charge in [0.25, 0.3) is 5.91 Å². The van der Waals surface area contributed by atoms with Gasteiger partial charge in [0.1, 0.15) is 17.5 Å². The van der Waals surface area contributed by atoms with E-state index in [2.05, 4.69) is 31.1 Å². The summed E-state index contributed by atoms with van der Waals surface area (Å²) in [4.78, 5) is 31.1. The van der Waals surface area contributed by atoms with Crippen LogP contribution in [0.3, 0.4) is 0 Å². The zero-order valence-electron chi connectivity index (χ0n) is 22.2. The van der Waals surface area contributed by atoms with E-state index in [-0.39, 0.29) is 11.3 Å². The fourth-order valence-corrected chi connectivity index (χ4v) is 4.83. The molecule has 0 saturated heterocycles. The highest BCUT2D eigenvalue weighted by atomic mass is 32.2. The van der Waals surface area contributed by atoms with Crippen molar-refractivity contribution >= 4 is 44.6 Å². The quantitative estimate of drug-likeness (QED) is 0.304. The van der Waals surface area contributed by atoms with Crippen molar-refractivity contribution in [3.05, 3.63) is 59.2 Å². The molecule has 0 radical (unpaired) electrons. The van der Waals surface area contributed by atoms with E-state index in [1.165, 1.54) is 17.5 Å². The normalized spacial score (nSPS) is 13.2. The smallest absolute Gasteiger partial charge is 0.278 e. The van der Waals surface area contributed by atoms with Gasteiger partial charge in [-0.2, -0.15) is 0 Å². The lowest BCUT2D eigenvalue weighted by molar-refractivity contribution is 0.0365. The lowest BCUT2D eigenvalue weighted by atomic mass is 10.1. The van der Waals surface area contributed by atoms with Crippen molar-refractivity contribution < 1.29 is 18.0 Å². The Hall–Kier alpha value is -3.77. The van der Waals surface area contributed by atoms with E-state index in [4.69, 9.17) is 4.84 Å². The molecule has 2 heterocycles. The first-order valence-electron chi connectivity index (χ1n) is 12.5. The van der Waals surface area contributed by atoms with Crippen LogP contribution in [0.1, 0.15) is 60.0 Å². The maximum atomic E-state index is 12.9. The van der Waals surface area contributed by atoms with Crippen LogP contribution in [0, 0.1) is 13.8 Å². The van der Waals surface area contributed by atoms with Crippen LogP contribution in [0.4, 0.5) is 28.7 Å². The van der Waals surface area contributed by atoms with Gasteiger partial charge in [-0.1, -0.05) is 6.07 Å². The van der Waals surface area contributed by atoms with Crippen molar-refractivity contribution in [2.75, 3.05) is 34.3 Å². The molecule has 0 unspecified atom stereocenters. The van der Waals surface area contributed by atoms with Crippen LogP contribution in [0.5, 0.6) is 0 Å². The Kier molecular flexibility index (Phi) is 8.12. The first kappa shape index (κ1) is 27.3. The Balaban J connectivity index is 1.76. The second kappa shape index (κ2) is 11.3. The van der Waals surface area contributed by atoms with Gasteiger partial charge >= 0.3 is 0 Å². The molecule has 38 heavy (non-hydrogen) atoms. The second-order valence-corrected chi connectivity index (χ2v) is 11.4. The number of nitrogens with zero attached hydrogens (tertiary/aromatic N) is 4. The number of rotatable bonds is 11. The molecule has 1 aliphatic carbocycles. The summed E-state index contributed by atoms with van der Waals surface area (Å²) < 4.78 is 26.9. The van der Waals surface area contributed by atoms with Gasteiger partial charge in [-0.25, -0.2) is 28.8 Å². The molecule has 1 amide bonds. The average molecular weight is 540 g/mol. The Morgan fingerprint density at radius 2 is 1.82 bits per heavy atom. The number of carbonyl (C=O) groups is 1. The van der Waals surface area contributed by atoms with E-state index >= 15 is 0 Å². The number of hydrogen-bond donors (Lipinski definition) is 3. The summed E-state index contributed by atoms with van der Waals surface area (Å²) >= 11 is 0. The standard InChI is InChI=1S/C26H33N7O4S/c1-6-37-32-26(34)20-15-27-24(31-25-12-16(3)28-17(4)29-25)14-22(20)30-21-11-10-19(18-8-9-18)13-23(21)33(5)38(35,36)7-2/h10-15,18H,6-9H2,1-5H3,(H,32,34)(H2,27,28,29,30,31). The van der Waals surface area contributed by atoms with E-state index in [0.717, 1.165) is 24.1 Å². The number of aromatic nitrogens is 3. The maximum Gasteiger partial charge on any atom is 0.278 e. The lowest BCUT2D eigenvalue weighted by Crippen LogP contribution is -2.29. The number of hydrogen-bond acceptors (Lipinski definition) is 9. The number of amides is 1. The molecule has 0 atom stereocenters. The van der Waals surface area contributed by atoms with E-state index < -0.39 is 15.9 Å². The third-order valence-electron chi connectivity index (χ3n) is 6.14. The van der Waals surface area contributed by atoms with Gasteiger partial charge in [0, 0.05) is 31.1 Å². The van der Waals surface area contributed by atoms with Gasteiger partial charge in [-0.15, -0.1) is 0 Å². The first-order chi connectivity index (χ1) is 18.1. The lowest BCUT2D eigenvalue weighted by Gasteiger charge is -2.24. The number of hydroxylamine groups is 1. The summed E-state index contributed by atoms with van der Waals surface area (Å²) in [5.41, 5.74) is 5.94. The maximum absolute atomic E-state index is 12.9. The Labute approximate surface area is 223 Å². The molecule has 202 valence electrons. The zero-order valence-corrected chi connectivity index (χ0v) is 23.0. The largest absolute Gasteiger partial charge is 0.353 e. The molecular formula is C26H33N7O4S. The zero-order chi connectivity index (χ0) is 27.4. The summed E-state index contributed by atoms with van der Waals surface area (Å²) in [6.07, 6.45) is 3.59. The highest BCUT2D eigenvalue weighted by Gasteiger charge is 2.27. The summed E-state index contributed by atoms with van der Waals surface area (Å²) in [6.45, 7) is 7.33. The number of carbonyl (C=O) groups excluding carboxylic acids is 1. The number of sulfonamides is 1. The van der Waals surface area contributed by atoms with Crippen LogP contribution in [0.15, 0.2) is 36.5 Å². The first-order valence-corrected chi connectivity index (χ1v) is 14.1. The van der Waals surface area contributed by atoms with Gasteiger partial charge in [0.15, 0.2) is 0 Å². The number of pyridine rings is 1. The summed E-state index contributed by atoms with van der Waals surface area (Å²) in [5.74, 6) is 1.50. The van der Waals surface area contributed by atoms with E-state index in [9.17, 15) is 13.2 Å². The molecule has 0 aliphatic heterocycles. The monoisotopic (exact) mass is 539 g/mol. The minimum Gasteiger partial charge on any atom is -0.353 e. The summed E-state index contributed by atoms with van der Waals surface area (Å²) in [6, 6.07) is 9.19. The van der Waals surface area contributed by atoms with Crippen molar-refractivity contribution in [1.29, 1.82) is 0 Å². The topological polar surface area (TPSA) is 138 Å². The predicted octanol–water partition coefficient (Wildman–Crippen LogP) is 4.32. The predicted molar refractivity (Wildman–Crippen MR) is 148 cm³/mol. The van der Waals surface area contributed by atoms with Crippen molar-refractivity contribution in [1.82, 2.24) is 20.4 Å². The number of anilines is 5. The van der Waals surface area contributed by atoms with E-state index in [1.807, 2.05) is 25.1 Å². The third-order valence-corrected chi connectivity index (χ3v) is 7.90. The Bertz CT molecular complexity index is 1420. The van der Waals surface area contributed by atoms with Crippen LogP contribution in [0.25, 0.3) is 0 Å². The molecule has 0 bridgehead atoms. The highest BCUT2D eigenvalue weighted by molar-refractivity contribution is 7.92. The summed E-state index contributed by atoms with van der Waals surface area (Å²) in [7, 11) is -1.99. The third kappa shape index (κ3) is 6.37. The second-order valence-electron chi connectivity index (χ2n) is 9.09. The van der Waals surface area contributed by atoms with Crippen molar-refractivity contribution in [3.8, 4) is 0 Å².